The van der Waals surface area contributed by atoms with Gasteiger partial charge in [0.15, 0.2) is 5.82 Å². The number of nitrogens with zero attached hydrogens (tertiary/aromatic N) is 2. The van der Waals surface area contributed by atoms with Gasteiger partial charge in [-0.25, -0.2) is 0 Å². The molecule has 6 heteroatoms. The molecular weight excluding hydrogens is 184 g/mol. The van der Waals surface area contributed by atoms with E-state index in [0.717, 1.165) is 0 Å². The molecule has 6 nitrogen and oxygen atoms in total. The fourth-order valence-corrected chi connectivity index (χ4v) is 0.992. The number of hydrogen-bond donors (Lipinski definition) is 2. The average Bonchev–Trinajstić information content (AvgIpc) is 2.67. The zero-order chi connectivity index (χ0) is 10.4. The van der Waals surface area contributed by atoms with Gasteiger partial charge in [-0.2, -0.15) is 4.98 Å². The monoisotopic (exact) mass is 198 g/mol. The Hall–Kier alpha value is -1.43. The van der Waals surface area contributed by atoms with E-state index in [1.807, 2.05) is 6.92 Å². The van der Waals surface area contributed by atoms with Crippen molar-refractivity contribution in [1.29, 1.82) is 0 Å². The standard InChI is InChI=1S/C8H14N4O2/c1-6(2-3-9)8(13)10-4-7-11-5-14-12-7/h5-6H,2-4,9H2,1H3,(H,10,13). The van der Waals surface area contributed by atoms with Gasteiger partial charge < -0.3 is 15.6 Å². The Labute approximate surface area is 81.9 Å². The van der Waals surface area contributed by atoms with Crippen molar-refractivity contribution in [2.24, 2.45) is 11.7 Å². The van der Waals surface area contributed by atoms with Crippen LogP contribution in [0.25, 0.3) is 0 Å². The number of amides is 1. The van der Waals surface area contributed by atoms with Gasteiger partial charge in [-0.05, 0) is 13.0 Å². The molecule has 1 aromatic rings. The van der Waals surface area contributed by atoms with Gasteiger partial charge >= 0.3 is 0 Å². The zero-order valence-electron chi connectivity index (χ0n) is 8.06. The van der Waals surface area contributed by atoms with E-state index in [4.69, 9.17) is 5.73 Å². The average molecular weight is 198 g/mol. The Morgan fingerprint density at radius 3 is 3.14 bits per heavy atom. The second kappa shape index (κ2) is 5.33. The summed E-state index contributed by atoms with van der Waals surface area (Å²) in [5.74, 6) is 0.352. The first kappa shape index (κ1) is 10.6. The molecule has 0 fully saturated rings. The van der Waals surface area contributed by atoms with Crippen molar-refractivity contribution in [2.45, 2.75) is 19.9 Å². The zero-order valence-corrected chi connectivity index (χ0v) is 8.06. The predicted octanol–water partition coefficient (Wildman–Crippen LogP) is -0.329. The molecule has 0 aliphatic carbocycles. The summed E-state index contributed by atoms with van der Waals surface area (Å²) in [5.41, 5.74) is 5.34. The molecule has 0 aliphatic heterocycles. The molecule has 3 N–H and O–H groups in total. The minimum Gasteiger partial charge on any atom is -0.348 e. The summed E-state index contributed by atoms with van der Waals surface area (Å²) >= 11 is 0. The lowest BCUT2D eigenvalue weighted by Crippen LogP contribution is -2.30. The fourth-order valence-electron chi connectivity index (χ4n) is 0.992. The Bertz CT molecular complexity index is 273. The van der Waals surface area contributed by atoms with Crippen molar-refractivity contribution in [2.75, 3.05) is 6.54 Å². The van der Waals surface area contributed by atoms with E-state index in [-0.39, 0.29) is 11.8 Å². The van der Waals surface area contributed by atoms with Crippen LogP contribution in [0.15, 0.2) is 10.9 Å². The van der Waals surface area contributed by atoms with Crippen molar-refractivity contribution in [3.8, 4) is 0 Å². The van der Waals surface area contributed by atoms with Crippen LogP contribution in [0.5, 0.6) is 0 Å². The van der Waals surface area contributed by atoms with E-state index in [9.17, 15) is 4.79 Å². The molecule has 1 atom stereocenters. The van der Waals surface area contributed by atoms with E-state index < -0.39 is 0 Å². The molecule has 0 aliphatic rings. The highest BCUT2D eigenvalue weighted by Crippen LogP contribution is 1.99. The first-order chi connectivity index (χ1) is 6.74. The van der Waals surface area contributed by atoms with Crippen molar-refractivity contribution in [3.05, 3.63) is 12.2 Å². The van der Waals surface area contributed by atoms with E-state index in [2.05, 4.69) is 20.0 Å². The Morgan fingerprint density at radius 1 is 1.79 bits per heavy atom. The van der Waals surface area contributed by atoms with Gasteiger partial charge in [-0.15, -0.1) is 0 Å². The molecule has 1 rings (SSSR count). The van der Waals surface area contributed by atoms with E-state index in [0.29, 0.717) is 25.3 Å². The number of carbonyl (C=O) groups is 1. The molecule has 1 amide bonds. The highest BCUT2D eigenvalue weighted by Gasteiger charge is 2.11. The van der Waals surface area contributed by atoms with Crippen LogP contribution in [0, 0.1) is 5.92 Å². The van der Waals surface area contributed by atoms with Gasteiger partial charge in [0, 0.05) is 5.92 Å². The van der Waals surface area contributed by atoms with Crippen molar-refractivity contribution in [3.63, 3.8) is 0 Å². The van der Waals surface area contributed by atoms with Crippen molar-refractivity contribution >= 4 is 5.91 Å². The number of nitrogens with two attached hydrogens (primary N) is 1. The van der Waals surface area contributed by atoms with Gasteiger partial charge in [-0.3, -0.25) is 4.79 Å². The van der Waals surface area contributed by atoms with Crippen LogP contribution in [-0.2, 0) is 11.3 Å². The van der Waals surface area contributed by atoms with Gasteiger partial charge in [-0.1, -0.05) is 12.1 Å². The van der Waals surface area contributed by atoms with Crippen LogP contribution >= 0.6 is 0 Å². The third-order valence-corrected chi connectivity index (χ3v) is 1.87. The normalized spacial score (nSPS) is 12.4. The number of nitrogens with one attached hydrogen (secondary N) is 1. The molecule has 0 saturated carbocycles. The maximum atomic E-state index is 11.4. The Morgan fingerprint density at radius 2 is 2.57 bits per heavy atom. The highest BCUT2D eigenvalue weighted by molar-refractivity contribution is 5.78. The maximum absolute atomic E-state index is 11.4. The van der Waals surface area contributed by atoms with Crippen LogP contribution in [-0.4, -0.2) is 22.6 Å². The Balaban J connectivity index is 2.27. The Kier molecular flexibility index (Phi) is 4.06. The van der Waals surface area contributed by atoms with Crippen molar-refractivity contribution < 1.29 is 9.32 Å². The lowest BCUT2D eigenvalue weighted by Gasteiger charge is -2.08. The number of carbonyl (C=O) groups excluding carboxylic acids is 1. The third kappa shape index (κ3) is 3.14. The smallest absolute Gasteiger partial charge is 0.223 e. The number of rotatable bonds is 5. The lowest BCUT2D eigenvalue weighted by atomic mass is 10.1. The van der Waals surface area contributed by atoms with Crippen LogP contribution in [0.3, 0.4) is 0 Å². The lowest BCUT2D eigenvalue weighted by molar-refractivity contribution is -0.124. The molecular formula is C8H14N4O2. The summed E-state index contributed by atoms with van der Waals surface area (Å²) in [7, 11) is 0. The molecule has 0 radical (unpaired) electrons. The minimum absolute atomic E-state index is 0.0414. The number of aromatic nitrogens is 2. The summed E-state index contributed by atoms with van der Waals surface area (Å²) in [6.07, 6.45) is 1.91. The molecule has 0 bridgehead atoms. The second-order valence-corrected chi connectivity index (χ2v) is 3.04. The molecule has 1 unspecified atom stereocenters. The van der Waals surface area contributed by atoms with Gasteiger partial charge in [0.05, 0.1) is 6.54 Å². The largest absolute Gasteiger partial charge is 0.348 e. The molecule has 1 heterocycles. The van der Waals surface area contributed by atoms with Crippen LogP contribution in [0.1, 0.15) is 19.2 Å². The summed E-state index contributed by atoms with van der Waals surface area (Å²) in [6.45, 7) is 2.64. The maximum Gasteiger partial charge on any atom is 0.223 e. The quantitative estimate of drug-likeness (QED) is 0.675. The molecule has 0 spiro atoms. The van der Waals surface area contributed by atoms with Crippen molar-refractivity contribution in [1.82, 2.24) is 15.5 Å². The van der Waals surface area contributed by atoms with Gasteiger partial charge in [0.25, 0.3) is 0 Å². The van der Waals surface area contributed by atoms with Crippen LogP contribution in [0.2, 0.25) is 0 Å². The molecule has 0 aromatic carbocycles. The van der Waals surface area contributed by atoms with E-state index in [1.54, 1.807) is 0 Å². The number of hydrogen-bond acceptors (Lipinski definition) is 5. The first-order valence-corrected chi connectivity index (χ1v) is 4.47. The molecule has 1 aromatic heterocycles. The second-order valence-electron chi connectivity index (χ2n) is 3.04. The molecule has 0 saturated heterocycles. The van der Waals surface area contributed by atoms with E-state index in [1.165, 1.54) is 6.39 Å². The summed E-state index contributed by atoms with van der Waals surface area (Å²) in [4.78, 5) is 15.2. The van der Waals surface area contributed by atoms with Crippen LogP contribution in [0.4, 0.5) is 0 Å². The SMILES string of the molecule is CC(CCN)C(=O)NCc1ncon1. The third-order valence-electron chi connectivity index (χ3n) is 1.87. The van der Waals surface area contributed by atoms with Crippen LogP contribution < -0.4 is 11.1 Å². The first-order valence-electron chi connectivity index (χ1n) is 4.47. The fraction of sp³-hybridized carbons (Fsp3) is 0.625. The topological polar surface area (TPSA) is 94.0 Å². The summed E-state index contributed by atoms with van der Waals surface area (Å²) < 4.78 is 4.52. The predicted molar refractivity (Wildman–Crippen MR) is 49.0 cm³/mol. The van der Waals surface area contributed by atoms with E-state index >= 15 is 0 Å². The highest BCUT2D eigenvalue weighted by atomic mass is 16.5. The minimum atomic E-state index is -0.0769. The summed E-state index contributed by atoms with van der Waals surface area (Å²) in [6, 6.07) is 0. The van der Waals surface area contributed by atoms with Gasteiger partial charge in [0.2, 0.25) is 12.3 Å². The van der Waals surface area contributed by atoms with Gasteiger partial charge in [0.1, 0.15) is 0 Å². The summed E-state index contributed by atoms with van der Waals surface area (Å²) in [5, 5.41) is 6.26. The molecule has 14 heavy (non-hydrogen) atoms. The molecule has 78 valence electrons.